The standard InChI is InChI=1S/C16H31N3O/c1-16(2)12-19(9-8-18(16)3)15(20)10-13-4-6-14(11-17)7-5-13/h13-14H,4-12,17H2,1-3H3. The van der Waals surface area contributed by atoms with Crippen molar-refractivity contribution in [2.45, 2.75) is 51.5 Å². The summed E-state index contributed by atoms with van der Waals surface area (Å²) in [5.41, 5.74) is 5.83. The minimum Gasteiger partial charge on any atom is -0.340 e. The summed E-state index contributed by atoms with van der Waals surface area (Å²) in [6, 6.07) is 0. The molecule has 4 nitrogen and oxygen atoms in total. The molecular weight excluding hydrogens is 250 g/mol. The van der Waals surface area contributed by atoms with Crippen molar-refractivity contribution in [1.82, 2.24) is 9.80 Å². The number of likely N-dealkylation sites (N-methyl/N-ethyl adjacent to an activating group) is 1. The molecule has 0 aromatic carbocycles. The molecule has 2 rings (SSSR count). The fraction of sp³-hybridized carbons (Fsp3) is 0.938. The number of amides is 1. The summed E-state index contributed by atoms with van der Waals surface area (Å²) < 4.78 is 0. The lowest BCUT2D eigenvalue weighted by atomic mass is 9.80. The van der Waals surface area contributed by atoms with Gasteiger partial charge in [0, 0.05) is 31.6 Å². The molecule has 0 aromatic heterocycles. The first kappa shape index (κ1) is 15.8. The average Bonchev–Trinajstić information content (AvgIpc) is 2.42. The van der Waals surface area contributed by atoms with Crippen molar-refractivity contribution in [3.8, 4) is 0 Å². The largest absolute Gasteiger partial charge is 0.340 e. The Morgan fingerprint density at radius 2 is 1.75 bits per heavy atom. The molecule has 0 atom stereocenters. The van der Waals surface area contributed by atoms with Crippen LogP contribution in [0, 0.1) is 11.8 Å². The van der Waals surface area contributed by atoms with Crippen LogP contribution in [-0.4, -0.2) is 54.5 Å². The summed E-state index contributed by atoms with van der Waals surface area (Å²) in [7, 11) is 2.15. The van der Waals surface area contributed by atoms with Crippen LogP contribution in [0.3, 0.4) is 0 Å². The Morgan fingerprint density at radius 1 is 1.15 bits per heavy atom. The zero-order valence-electron chi connectivity index (χ0n) is 13.4. The SMILES string of the molecule is CN1CCN(C(=O)CC2CCC(CN)CC2)CC1(C)C. The van der Waals surface area contributed by atoms with Crippen molar-refractivity contribution >= 4 is 5.91 Å². The van der Waals surface area contributed by atoms with Gasteiger partial charge in [-0.05, 0) is 65.0 Å². The molecule has 0 aromatic rings. The maximum atomic E-state index is 12.5. The first-order valence-electron chi connectivity index (χ1n) is 8.11. The summed E-state index contributed by atoms with van der Waals surface area (Å²) in [4.78, 5) is 16.9. The summed E-state index contributed by atoms with van der Waals surface area (Å²) in [6.45, 7) is 7.99. The second kappa shape index (κ2) is 6.44. The second-order valence-electron chi connectivity index (χ2n) is 7.38. The Hall–Kier alpha value is -0.610. The van der Waals surface area contributed by atoms with Gasteiger partial charge in [0.15, 0.2) is 0 Å². The lowest BCUT2D eigenvalue weighted by Gasteiger charge is -2.45. The first-order chi connectivity index (χ1) is 9.42. The topological polar surface area (TPSA) is 49.6 Å². The lowest BCUT2D eigenvalue weighted by Crippen LogP contribution is -2.59. The van der Waals surface area contributed by atoms with E-state index in [0.29, 0.717) is 17.7 Å². The smallest absolute Gasteiger partial charge is 0.222 e. The number of piperazine rings is 1. The molecule has 2 fully saturated rings. The van der Waals surface area contributed by atoms with E-state index >= 15 is 0 Å². The molecule has 4 heteroatoms. The quantitative estimate of drug-likeness (QED) is 0.856. The van der Waals surface area contributed by atoms with Crippen LogP contribution in [0.4, 0.5) is 0 Å². The van der Waals surface area contributed by atoms with Crippen LogP contribution < -0.4 is 5.73 Å². The maximum absolute atomic E-state index is 12.5. The molecule has 0 bridgehead atoms. The van der Waals surface area contributed by atoms with E-state index in [1.54, 1.807) is 0 Å². The van der Waals surface area contributed by atoms with Gasteiger partial charge in [-0.25, -0.2) is 0 Å². The number of hydrogen-bond acceptors (Lipinski definition) is 3. The van der Waals surface area contributed by atoms with Gasteiger partial charge >= 0.3 is 0 Å². The molecule has 0 radical (unpaired) electrons. The summed E-state index contributed by atoms with van der Waals surface area (Å²) >= 11 is 0. The van der Waals surface area contributed by atoms with E-state index in [2.05, 4.69) is 30.7 Å². The minimum atomic E-state index is 0.102. The Bertz CT molecular complexity index is 335. The van der Waals surface area contributed by atoms with Crippen LogP contribution in [0.2, 0.25) is 0 Å². The van der Waals surface area contributed by atoms with Crippen molar-refractivity contribution in [1.29, 1.82) is 0 Å². The third-order valence-electron chi connectivity index (χ3n) is 5.43. The summed E-state index contributed by atoms with van der Waals surface area (Å²) in [5.74, 6) is 1.65. The molecule has 20 heavy (non-hydrogen) atoms. The molecule has 116 valence electrons. The van der Waals surface area contributed by atoms with Crippen molar-refractivity contribution < 1.29 is 4.79 Å². The Balaban J connectivity index is 1.81. The van der Waals surface area contributed by atoms with Gasteiger partial charge in [0.05, 0.1) is 0 Å². The molecule has 1 saturated heterocycles. The van der Waals surface area contributed by atoms with Gasteiger partial charge in [-0.1, -0.05) is 0 Å². The van der Waals surface area contributed by atoms with Crippen LogP contribution in [-0.2, 0) is 4.79 Å². The van der Waals surface area contributed by atoms with Gasteiger partial charge in [0.25, 0.3) is 0 Å². The maximum Gasteiger partial charge on any atom is 0.222 e. The van der Waals surface area contributed by atoms with E-state index in [1.165, 1.54) is 25.7 Å². The fourth-order valence-corrected chi connectivity index (χ4v) is 3.50. The molecule has 2 aliphatic rings. The predicted molar refractivity (Wildman–Crippen MR) is 82.4 cm³/mol. The fourth-order valence-electron chi connectivity index (χ4n) is 3.50. The van der Waals surface area contributed by atoms with E-state index in [-0.39, 0.29) is 5.54 Å². The molecule has 1 heterocycles. The molecule has 0 unspecified atom stereocenters. The number of carbonyl (C=O) groups is 1. The number of carbonyl (C=O) groups excluding carboxylic acids is 1. The molecule has 1 aliphatic heterocycles. The van der Waals surface area contributed by atoms with Gasteiger partial charge in [-0.15, -0.1) is 0 Å². The monoisotopic (exact) mass is 281 g/mol. The highest BCUT2D eigenvalue weighted by Crippen LogP contribution is 2.31. The first-order valence-corrected chi connectivity index (χ1v) is 8.11. The molecule has 2 N–H and O–H groups in total. The van der Waals surface area contributed by atoms with Gasteiger partial charge in [0.1, 0.15) is 0 Å². The van der Waals surface area contributed by atoms with Gasteiger partial charge < -0.3 is 10.6 Å². The number of nitrogens with two attached hydrogens (primary N) is 1. The summed E-state index contributed by atoms with van der Waals surface area (Å²) in [6.07, 6.45) is 5.54. The molecule has 1 aliphatic carbocycles. The number of nitrogens with zero attached hydrogens (tertiary/aromatic N) is 2. The highest BCUT2D eigenvalue weighted by Gasteiger charge is 2.34. The zero-order valence-corrected chi connectivity index (χ0v) is 13.4. The Kier molecular flexibility index (Phi) is 5.08. The van der Waals surface area contributed by atoms with Gasteiger partial charge in [0.2, 0.25) is 5.91 Å². The molecule has 0 spiro atoms. The van der Waals surface area contributed by atoms with E-state index < -0.39 is 0 Å². The molecule has 1 amide bonds. The zero-order chi connectivity index (χ0) is 14.8. The Labute approximate surface area is 123 Å². The predicted octanol–water partition coefficient (Wildman–Crippen LogP) is 1.69. The van der Waals surface area contributed by atoms with Crippen molar-refractivity contribution in [3.63, 3.8) is 0 Å². The van der Waals surface area contributed by atoms with E-state index in [4.69, 9.17) is 5.73 Å². The van der Waals surface area contributed by atoms with Gasteiger partial charge in [-0.3, -0.25) is 9.69 Å². The summed E-state index contributed by atoms with van der Waals surface area (Å²) in [5, 5.41) is 0. The van der Waals surface area contributed by atoms with Crippen LogP contribution in [0.1, 0.15) is 46.0 Å². The number of rotatable bonds is 3. The van der Waals surface area contributed by atoms with Crippen LogP contribution in [0.5, 0.6) is 0 Å². The third kappa shape index (κ3) is 3.73. The van der Waals surface area contributed by atoms with Crippen LogP contribution in [0.25, 0.3) is 0 Å². The Morgan fingerprint density at radius 3 is 2.30 bits per heavy atom. The minimum absolute atomic E-state index is 0.102. The highest BCUT2D eigenvalue weighted by molar-refractivity contribution is 5.76. The average molecular weight is 281 g/mol. The van der Waals surface area contributed by atoms with E-state index in [9.17, 15) is 4.79 Å². The van der Waals surface area contributed by atoms with Crippen molar-refractivity contribution in [2.75, 3.05) is 33.2 Å². The van der Waals surface area contributed by atoms with Crippen LogP contribution in [0.15, 0.2) is 0 Å². The lowest BCUT2D eigenvalue weighted by molar-refractivity contribution is -0.137. The van der Waals surface area contributed by atoms with Crippen molar-refractivity contribution in [3.05, 3.63) is 0 Å². The third-order valence-corrected chi connectivity index (χ3v) is 5.43. The van der Waals surface area contributed by atoms with Gasteiger partial charge in [-0.2, -0.15) is 0 Å². The molecule has 1 saturated carbocycles. The normalized spacial score (nSPS) is 31.3. The number of hydrogen-bond donors (Lipinski definition) is 1. The second-order valence-corrected chi connectivity index (χ2v) is 7.38. The van der Waals surface area contributed by atoms with Crippen LogP contribution >= 0.6 is 0 Å². The molecular formula is C16H31N3O. The van der Waals surface area contributed by atoms with E-state index in [0.717, 1.165) is 32.6 Å². The van der Waals surface area contributed by atoms with E-state index in [1.807, 2.05) is 0 Å². The van der Waals surface area contributed by atoms with Crippen molar-refractivity contribution in [2.24, 2.45) is 17.6 Å². The highest BCUT2D eigenvalue weighted by atomic mass is 16.2.